The van der Waals surface area contributed by atoms with Gasteiger partial charge in [-0.05, 0) is 39.3 Å². The first-order chi connectivity index (χ1) is 12.9. The van der Waals surface area contributed by atoms with E-state index in [1.54, 1.807) is 12.1 Å². The highest BCUT2D eigenvalue weighted by Gasteiger charge is 2.10. The summed E-state index contributed by atoms with van der Waals surface area (Å²) in [6.45, 7) is 8.56. The Balaban J connectivity index is 1.65. The quantitative estimate of drug-likeness (QED) is 0.489. The molecule has 0 aliphatic rings. The minimum absolute atomic E-state index is 0.0642. The van der Waals surface area contributed by atoms with Gasteiger partial charge in [0.1, 0.15) is 0 Å². The Morgan fingerprint density at radius 3 is 2.59 bits per heavy atom. The minimum atomic E-state index is -0.436. The van der Waals surface area contributed by atoms with Gasteiger partial charge in [-0.2, -0.15) is 5.10 Å². The predicted octanol–water partition coefficient (Wildman–Crippen LogP) is 3.91. The highest BCUT2D eigenvalue weighted by molar-refractivity contribution is 5.87. The van der Waals surface area contributed by atoms with Gasteiger partial charge in [0.25, 0.3) is 0 Å². The number of carbonyl (C=O) groups is 1. The number of nitrogens with zero attached hydrogens (tertiary/aromatic N) is 3. The molecule has 0 amide bonds. The van der Waals surface area contributed by atoms with E-state index in [9.17, 15) is 4.79 Å². The monoisotopic (exact) mass is 365 g/mol. The number of carbonyl (C=O) groups excluding carboxylic acids is 1. The van der Waals surface area contributed by atoms with Crippen molar-refractivity contribution in [1.29, 1.82) is 0 Å². The van der Waals surface area contributed by atoms with Crippen molar-refractivity contribution in [2.24, 2.45) is 0 Å². The molecule has 0 aliphatic carbocycles. The smallest absolute Gasteiger partial charge is 0.331 e. The Kier molecular flexibility index (Phi) is 5.54. The number of esters is 1. The van der Waals surface area contributed by atoms with E-state index in [4.69, 9.17) is 9.26 Å². The molecule has 0 atom stereocenters. The molecule has 0 aliphatic heterocycles. The fraction of sp³-hybridized carbons (Fsp3) is 0.286. The zero-order valence-electron chi connectivity index (χ0n) is 16.0. The van der Waals surface area contributed by atoms with Crippen LogP contribution in [0.4, 0.5) is 0 Å². The molecule has 0 fully saturated rings. The molecule has 0 bridgehead atoms. The Bertz CT molecular complexity index is 965. The van der Waals surface area contributed by atoms with Gasteiger partial charge in [-0.3, -0.25) is 4.68 Å². The van der Waals surface area contributed by atoms with Gasteiger partial charge in [-0.15, -0.1) is 0 Å². The Morgan fingerprint density at radius 1 is 1.19 bits per heavy atom. The lowest BCUT2D eigenvalue weighted by atomic mass is 10.1. The van der Waals surface area contributed by atoms with Crippen LogP contribution in [-0.2, 0) is 22.7 Å². The van der Waals surface area contributed by atoms with E-state index < -0.39 is 5.97 Å². The third-order valence-electron chi connectivity index (χ3n) is 4.31. The van der Waals surface area contributed by atoms with Crippen molar-refractivity contribution in [3.63, 3.8) is 0 Å². The first kappa shape index (κ1) is 18.6. The molecule has 27 heavy (non-hydrogen) atoms. The first-order valence-electron chi connectivity index (χ1n) is 8.79. The van der Waals surface area contributed by atoms with Gasteiger partial charge < -0.3 is 9.26 Å². The van der Waals surface area contributed by atoms with Crippen LogP contribution in [0.15, 0.2) is 40.9 Å². The molecular formula is C21H23N3O3. The molecule has 3 aromatic rings. The van der Waals surface area contributed by atoms with Gasteiger partial charge in [-0.25, -0.2) is 4.79 Å². The zero-order valence-corrected chi connectivity index (χ0v) is 16.0. The summed E-state index contributed by atoms with van der Waals surface area (Å²) < 4.78 is 12.1. The van der Waals surface area contributed by atoms with Crippen molar-refractivity contribution in [3.05, 3.63) is 75.9 Å². The molecule has 0 unspecified atom stereocenters. The van der Waals surface area contributed by atoms with Crippen molar-refractivity contribution >= 4 is 12.0 Å². The molecular weight excluding hydrogens is 342 g/mol. The van der Waals surface area contributed by atoms with E-state index in [1.165, 1.54) is 17.2 Å². The van der Waals surface area contributed by atoms with Crippen LogP contribution in [-0.4, -0.2) is 20.9 Å². The second kappa shape index (κ2) is 8.03. The molecule has 6 heteroatoms. The van der Waals surface area contributed by atoms with Crippen LogP contribution in [0.2, 0.25) is 0 Å². The molecule has 3 rings (SSSR count). The van der Waals surface area contributed by atoms with Crippen LogP contribution in [0.25, 0.3) is 6.08 Å². The van der Waals surface area contributed by atoms with Crippen LogP contribution in [0.3, 0.4) is 0 Å². The van der Waals surface area contributed by atoms with Crippen LogP contribution >= 0.6 is 0 Å². The number of hydrogen-bond acceptors (Lipinski definition) is 5. The Hall–Kier alpha value is -3.15. The van der Waals surface area contributed by atoms with Crippen molar-refractivity contribution in [3.8, 4) is 0 Å². The third kappa shape index (κ3) is 4.73. The van der Waals surface area contributed by atoms with Crippen molar-refractivity contribution in [2.75, 3.05) is 0 Å². The molecule has 6 nitrogen and oxygen atoms in total. The average molecular weight is 365 g/mol. The summed E-state index contributed by atoms with van der Waals surface area (Å²) in [5.41, 5.74) is 5.97. The van der Waals surface area contributed by atoms with Crippen molar-refractivity contribution in [1.82, 2.24) is 14.9 Å². The summed E-state index contributed by atoms with van der Waals surface area (Å²) in [5.74, 6) is 0.0849. The summed E-state index contributed by atoms with van der Waals surface area (Å²) in [6, 6.07) is 10.1. The molecule has 0 saturated heterocycles. The second-order valence-electron chi connectivity index (χ2n) is 6.60. The number of ether oxygens (including phenoxy) is 1. The third-order valence-corrected chi connectivity index (χ3v) is 4.31. The summed E-state index contributed by atoms with van der Waals surface area (Å²) in [6.07, 6.45) is 3.16. The lowest BCUT2D eigenvalue weighted by Crippen LogP contribution is -2.04. The maximum absolute atomic E-state index is 12.0. The molecule has 0 N–H and O–H groups in total. The molecule has 140 valence electrons. The maximum Gasteiger partial charge on any atom is 0.331 e. The van der Waals surface area contributed by atoms with Gasteiger partial charge in [0.05, 0.1) is 17.9 Å². The highest BCUT2D eigenvalue weighted by Crippen LogP contribution is 2.17. The van der Waals surface area contributed by atoms with E-state index in [2.05, 4.69) is 41.4 Å². The Morgan fingerprint density at radius 2 is 1.93 bits per heavy atom. The number of aryl methyl sites for hydroxylation is 3. The maximum atomic E-state index is 12.0. The summed E-state index contributed by atoms with van der Waals surface area (Å²) in [5, 5.41) is 8.35. The Labute approximate surface area is 158 Å². The fourth-order valence-electron chi connectivity index (χ4n) is 2.80. The minimum Gasteiger partial charge on any atom is -0.454 e. The fourth-order valence-corrected chi connectivity index (χ4v) is 2.80. The molecule has 0 saturated carbocycles. The van der Waals surface area contributed by atoms with Gasteiger partial charge in [0, 0.05) is 23.4 Å². The number of rotatable bonds is 6. The molecule has 0 radical (unpaired) electrons. The van der Waals surface area contributed by atoms with Gasteiger partial charge in [0.2, 0.25) is 0 Å². The van der Waals surface area contributed by atoms with Crippen LogP contribution in [0.5, 0.6) is 0 Å². The van der Waals surface area contributed by atoms with E-state index in [0.717, 1.165) is 22.6 Å². The largest absolute Gasteiger partial charge is 0.454 e. The highest BCUT2D eigenvalue weighted by atomic mass is 16.5. The average Bonchev–Trinajstić information content (AvgIpc) is 3.17. The lowest BCUT2D eigenvalue weighted by molar-refractivity contribution is -0.139. The number of hydrogen-bond donors (Lipinski definition) is 0. The predicted molar refractivity (Wildman–Crippen MR) is 102 cm³/mol. The lowest BCUT2D eigenvalue weighted by Gasteiger charge is -2.05. The first-order valence-corrected chi connectivity index (χ1v) is 8.79. The number of benzene rings is 1. The van der Waals surface area contributed by atoms with Gasteiger partial charge >= 0.3 is 5.97 Å². The van der Waals surface area contributed by atoms with E-state index in [0.29, 0.717) is 12.3 Å². The summed E-state index contributed by atoms with van der Waals surface area (Å²) >= 11 is 0. The van der Waals surface area contributed by atoms with Gasteiger partial charge in [0.15, 0.2) is 12.4 Å². The standard InChI is InChI=1S/C21H23N3O3/c1-14-5-7-18(8-6-14)12-24-17(4)20(16(3)22-24)9-10-21(25)26-13-19-11-15(2)23-27-19/h5-11H,12-13H2,1-4H3/b10-9+. The van der Waals surface area contributed by atoms with E-state index in [1.807, 2.05) is 25.5 Å². The summed E-state index contributed by atoms with van der Waals surface area (Å²) in [7, 11) is 0. The molecule has 0 spiro atoms. The van der Waals surface area contributed by atoms with Crippen molar-refractivity contribution in [2.45, 2.75) is 40.8 Å². The van der Waals surface area contributed by atoms with E-state index >= 15 is 0 Å². The zero-order chi connectivity index (χ0) is 19.4. The van der Waals surface area contributed by atoms with Crippen LogP contribution in [0.1, 0.15) is 39.5 Å². The number of aromatic nitrogens is 3. The van der Waals surface area contributed by atoms with Crippen LogP contribution in [0, 0.1) is 27.7 Å². The van der Waals surface area contributed by atoms with Gasteiger partial charge in [-0.1, -0.05) is 35.0 Å². The van der Waals surface area contributed by atoms with Crippen LogP contribution < -0.4 is 0 Å². The van der Waals surface area contributed by atoms with E-state index in [-0.39, 0.29) is 6.61 Å². The topological polar surface area (TPSA) is 70.2 Å². The molecule has 1 aromatic carbocycles. The second-order valence-corrected chi connectivity index (χ2v) is 6.60. The SMILES string of the molecule is Cc1ccc(Cn2nc(C)c(/C=C/C(=O)OCc3cc(C)no3)c2C)cc1. The normalized spacial score (nSPS) is 11.3. The van der Waals surface area contributed by atoms with Crippen molar-refractivity contribution < 1.29 is 14.1 Å². The summed E-state index contributed by atoms with van der Waals surface area (Å²) in [4.78, 5) is 12.0. The molecule has 2 heterocycles. The molecule has 2 aromatic heterocycles.